The number of carbonyl (C=O) groups is 1. The Hall–Kier alpha value is -1.38. The minimum Gasteiger partial charge on any atom is -0.496 e. The molecule has 0 N–H and O–H groups in total. The molecule has 1 atom stereocenters. The number of ketones is 1. The largest absolute Gasteiger partial charge is 0.496 e. The van der Waals surface area contributed by atoms with Crippen LogP contribution in [0.1, 0.15) is 30.6 Å². The Morgan fingerprint density at radius 3 is 2.73 bits per heavy atom. The van der Waals surface area contributed by atoms with Gasteiger partial charge in [0.05, 0.1) is 12.7 Å². The molecular formula is C12H15FO2. The van der Waals surface area contributed by atoms with Crippen LogP contribution in [0.3, 0.4) is 0 Å². The molecule has 0 radical (unpaired) electrons. The standard InChI is InChI=1S/C12H15FO2/c1-4-8(2)12(14)10-7-9(13)5-6-11(10)15-3/h5-8H,4H2,1-3H3. The molecule has 0 heterocycles. The van der Waals surface area contributed by atoms with Crippen molar-refractivity contribution in [3.63, 3.8) is 0 Å². The fraction of sp³-hybridized carbons (Fsp3) is 0.417. The van der Waals surface area contributed by atoms with Crippen molar-refractivity contribution in [2.45, 2.75) is 20.3 Å². The number of hydrogen-bond donors (Lipinski definition) is 0. The molecule has 0 amide bonds. The number of Topliss-reactive ketones (excluding diaryl/α,β-unsaturated/α-hetero) is 1. The average Bonchev–Trinajstić information content (AvgIpc) is 2.27. The van der Waals surface area contributed by atoms with E-state index in [1.165, 1.54) is 25.3 Å². The molecule has 0 fully saturated rings. The van der Waals surface area contributed by atoms with E-state index in [9.17, 15) is 9.18 Å². The highest BCUT2D eigenvalue weighted by Gasteiger charge is 2.18. The molecule has 82 valence electrons. The topological polar surface area (TPSA) is 26.3 Å². The van der Waals surface area contributed by atoms with Gasteiger partial charge in [-0.05, 0) is 24.6 Å². The van der Waals surface area contributed by atoms with Crippen molar-refractivity contribution in [2.75, 3.05) is 7.11 Å². The number of methoxy groups -OCH3 is 1. The predicted molar refractivity (Wildman–Crippen MR) is 56.7 cm³/mol. The van der Waals surface area contributed by atoms with Crippen LogP contribution in [0, 0.1) is 11.7 Å². The number of carbonyl (C=O) groups excluding carboxylic acids is 1. The Bertz CT molecular complexity index is 361. The summed E-state index contributed by atoms with van der Waals surface area (Å²) in [5.41, 5.74) is 0.326. The van der Waals surface area contributed by atoms with Crippen molar-refractivity contribution in [2.24, 2.45) is 5.92 Å². The lowest BCUT2D eigenvalue weighted by Gasteiger charge is -2.11. The molecule has 0 saturated heterocycles. The molecule has 0 saturated carbocycles. The minimum absolute atomic E-state index is 0.0751. The van der Waals surface area contributed by atoms with Gasteiger partial charge < -0.3 is 4.74 Å². The van der Waals surface area contributed by atoms with E-state index in [0.29, 0.717) is 11.3 Å². The molecule has 3 heteroatoms. The maximum absolute atomic E-state index is 13.0. The summed E-state index contributed by atoms with van der Waals surface area (Å²) in [5.74, 6) is -0.168. The molecule has 0 aromatic heterocycles. The van der Waals surface area contributed by atoms with Gasteiger partial charge in [-0.15, -0.1) is 0 Å². The normalized spacial score (nSPS) is 12.3. The van der Waals surface area contributed by atoms with Crippen molar-refractivity contribution in [1.29, 1.82) is 0 Å². The van der Waals surface area contributed by atoms with E-state index in [0.717, 1.165) is 6.42 Å². The Labute approximate surface area is 89.1 Å². The van der Waals surface area contributed by atoms with E-state index >= 15 is 0 Å². The van der Waals surface area contributed by atoms with E-state index in [1.807, 2.05) is 13.8 Å². The first-order valence-corrected chi connectivity index (χ1v) is 4.97. The molecule has 0 aliphatic heterocycles. The molecule has 1 aromatic carbocycles. The van der Waals surface area contributed by atoms with Gasteiger partial charge in [0.2, 0.25) is 0 Å². The molecule has 1 aromatic rings. The summed E-state index contributed by atoms with van der Waals surface area (Å²) in [6, 6.07) is 3.99. The highest BCUT2D eigenvalue weighted by atomic mass is 19.1. The Kier molecular flexibility index (Phi) is 3.83. The zero-order chi connectivity index (χ0) is 11.4. The quantitative estimate of drug-likeness (QED) is 0.714. The second kappa shape index (κ2) is 4.91. The van der Waals surface area contributed by atoms with Crippen LogP contribution in [0.15, 0.2) is 18.2 Å². The van der Waals surface area contributed by atoms with Gasteiger partial charge in [-0.25, -0.2) is 4.39 Å². The maximum Gasteiger partial charge on any atom is 0.169 e. The van der Waals surface area contributed by atoms with Crippen molar-refractivity contribution < 1.29 is 13.9 Å². The molecule has 2 nitrogen and oxygen atoms in total. The Morgan fingerprint density at radius 2 is 2.20 bits per heavy atom. The fourth-order valence-corrected chi connectivity index (χ4v) is 1.32. The van der Waals surface area contributed by atoms with Gasteiger partial charge in [0.25, 0.3) is 0 Å². The van der Waals surface area contributed by atoms with E-state index < -0.39 is 5.82 Å². The van der Waals surface area contributed by atoms with Crippen LogP contribution in [0.5, 0.6) is 5.75 Å². The summed E-state index contributed by atoms with van der Waals surface area (Å²) in [5, 5.41) is 0. The molecule has 0 spiro atoms. The number of rotatable bonds is 4. The monoisotopic (exact) mass is 210 g/mol. The average molecular weight is 210 g/mol. The van der Waals surface area contributed by atoms with Crippen LogP contribution in [0.25, 0.3) is 0 Å². The Balaban J connectivity index is 3.11. The molecule has 0 bridgehead atoms. The first-order valence-electron chi connectivity index (χ1n) is 4.97. The molecule has 0 aliphatic rings. The van der Waals surface area contributed by atoms with Gasteiger partial charge in [0, 0.05) is 5.92 Å². The first-order chi connectivity index (χ1) is 7.10. The number of halogens is 1. The molecule has 0 aliphatic carbocycles. The van der Waals surface area contributed by atoms with Crippen molar-refractivity contribution in [3.05, 3.63) is 29.6 Å². The van der Waals surface area contributed by atoms with Gasteiger partial charge in [-0.2, -0.15) is 0 Å². The zero-order valence-corrected chi connectivity index (χ0v) is 9.21. The summed E-state index contributed by atoms with van der Waals surface area (Å²) in [4.78, 5) is 11.9. The number of hydrogen-bond acceptors (Lipinski definition) is 2. The van der Waals surface area contributed by atoms with Gasteiger partial charge in [0.1, 0.15) is 11.6 Å². The lowest BCUT2D eigenvalue weighted by atomic mass is 9.96. The van der Waals surface area contributed by atoms with Gasteiger partial charge in [-0.1, -0.05) is 13.8 Å². The van der Waals surface area contributed by atoms with Crippen LogP contribution in [-0.4, -0.2) is 12.9 Å². The van der Waals surface area contributed by atoms with Crippen LogP contribution in [0.2, 0.25) is 0 Å². The van der Waals surface area contributed by atoms with Gasteiger partial charge in [-0.3, -0.25) is 4.79 Å². The van der Waals surface area contributed by atoms with Crippen molar-refractivity contribution in [3.8, 4) is 5.75 Å². The summed E-state index contributed by atoms with van der Waals surface area (Å²) in [7, 11) is 1.47. The number of benzene rings is 1. The molecular weight excluding hydrogens is 195 g/mol. The summed E-state index contributed by atoms with van der Waals surface area (Å²) in [6.45, 7) is 3.75. The van der Waals surface area contributed by atoms with E-state index in [2.05, 4.69) is 0 Å². The SMILES string of the molecule is CCC(C)C(=O)c1cc(F)ccc1OC. The zero-order valence-electron chi connectivity index (χ0n) is 9.21. The molecule has 1 unspecified atom stereocenters. The van der Waals surface area contributed by atoms with Crippen LogP contribution >= 0.6 is 0 Å². The minimum atomic E-state index is -0.414. The number of ether oxygens (including phenoxy) is 1. The highest BCUT2D eigenvalue weighted by molar-refractivity contribution is 6.00. The second-order valence-corrected chi connectivity index (χ2v) is 3.52. The third-order valence-corrected chi connectivity index (χ3v) is 2.49. The highest BCUT2D eigenvalue weighted by Crippen LogP contribution is 2.23. The van der Waals surface area contributed by atoms with E-state index in [-0.39, 0.29) is 11.7 Å². The van der Waals surface area contributed by atoms with Crippen LogP contribution in [0.4, 0.5) is 4.39 Å². The lowest BCUT2D eigenvalue weighted by Crippen LogP contribution is -2.11. The van der Waals surface area contributed by atoms with Crippen LogP contribution < -0.4 is 4.74 Å². The smallest absolute Gasteiger partial charge is 0.169 e. The summed E-state index contributed by atoms with van der Waals surface area (Å²) in [6.07, 6.45) is 0.735. The van der Waals surface area contributed by atoms with Crippen molar-refractivity contribution in [1.82, 2.24) is 0 Å². The fourth-order valence-electron chi connectivity index (χ4n) is 1.32. The molecule has 1 rings (SSSR count). The van der Waals surface area contributed by atoms with Crippen LogP contribution in [-0.2, 0) is 0 Å². The summed E-state index contributed by atoms with van der Waals surface area (Å²) >= 11 is 0. The Morgan fingerprint density at radius 1 is 1.53 bits per heavy atom. The van der Waals surface area contributed by atoms with Gasteiger partial charge in [0.15, 0.2) is 5.78 Å². The molecule has 15 heavy (non-hydrogen) atoms. The maximum atomic E-state index is 13.0. The predicted octanol–water partition coefficient (Wildman–Crippen LogP) is 3.06. The third-order valence-electron chi connectivity index (χ3n) is 2.49. The van der Waals surface area contributed by atoms with E-state index in [1.54, 1.807) is 0 Å². The third kappa shape index (κ3) is 2.55. The van der Waals surface area contributed by atoms with Crippen molar-refractivity contribution >= 4 is 5.78 Å². The first kappa shape index (κ1) is 11.7. The van der Waals surface area contributed by atoms with Gasteiger partial charge >= 0.3 is 0 Å². The second-order valence-electron chi connectivity index (χ2n) is 3.52. The van der Waals surface area contributed by atoms with E-state index in [4.69, 9.17) is 4.74 Å². The lowest BCUT2D eigenvalue weighted by molar-refractivity contribution is 0.0923. The summed E-state index contributed by atoms with van der Waals surface area (Å²) < 4.78 is 18.0.